The third-order valence-electron chi connectivity index (χ3n) is 5.98. The molecule has 4 rings (SSSR count). The predicted molar refractivity (Wildman–Crippen MR) is 134 cm³/mol. The summed E-state index contributed by atoms with van der Waals surface area (Å²) in [5.41, 5.74) is 3.64. The largest absolute Gasteiger partial charge is 0.371 e. The van der Waals surface area contributed by atoms with Crippen molar-refractivity contribution in [1.29, 1.82) is 0 Å². The first kappa shape index (κ1) is 23.0. The van der Waals surface area contributed by atoms with E-state index in [9.17, 15) is 9.59 Å². The van der Waals surface area contributed by atoms with Gasteiger partial charge in [-0.3, -0.25) is 9.59 Å². The van der Waals surface area contributed by atoms with E-state index in [1.165, 1.54) is 42.7 Å². The molecule has 1 unspecified atom stereocenters. The van der Waals surface area contributed by atoms with Gasteiger partial charge >= 0.3 is 0 Å². The summed E-state index contributed by atoms with van der Waals surface area (Å²) in [6.45, 7) is 4.36. The van der Waals surface area contributed by atoms with Gasteiger partial charge in [-0.15, -0.1) is 11.3 Å². The number of rotatable bonds is 8. The molecule has 0 saturated carbocycles. The van der Waals surface area contributed by atoms with Crippen molar-refractivity contribution in [3.8, 4) is 11.3 Å². The molecule has 33 heavy (non-hydrogen) atoms. The second kappa shape index (κ2) is 10.7. The fraction of sp³-hybridized carbons (Fsp3) is 0.400. The molecule has 7 nitrogen and oxygen atoms in total. The molecule has 0 spiro atoms. The number of amides is 2. The summed E-state index contributed by atoms with van der Waals surface area (Å²) < 4.78 is 1.79. The average molecular weight is 466 g/mol. The molecule has 0 aliphatic carbocycles. The van der Waals surface area contributed by atoms with Gasteiger partial charge in [0.25, 0.3) is 5.91 Å². The lowest BCUT2D eigenvalue weighted by Gasteiger charge is -2.34. The third kappa shape index (κ3) is 6.01. The second-order valence-corrected chi connectivity index (χ2v) is 9.49. The van der Waals surface area contributed by atoms with E-state index in [0.717, 1.165) is 30.3 Å². The number of nitrogens with zero attached hydrogens (tertiary/aromatic N) is 3. The van der Waals surface area contributed by atoms with Crippen molar-refractivity contribution in [3.63, 3.8) is 0 Å². The molecule has 2 N–H and O–H groups in total. The van der Waals surface area contributed by atoms with E-state index in [4.69, 9.17) is 0 Å². The maximum Gasteiger partial charge on any atom is 0.253 e. The van der Waals surface area contributed by atoms with E-state index in [1.807, 2.05) is 12.4 Å². The maximum atomic E-state index is 12.3. The van der Waals surface area contributed by atoms with Gasteiger partial charge in [-0.25, -0.2) is 4.98 Å². The van der Waals surface area contributed by atoms with Gasteiger partial charge < -0.3 is 20.1 Å². The van der Waals surface area contributed by atoms with E-state index < -0.39 is 0 Å². The molecule has 1 atom stereocenters. The van der Waals surface area contributed by atoms with Crippen LogP contribution in [0.25, 0.3) is 11.3 Å². The first-order chi connectivity index (χ1) is 16.0. The average Bonchev–Trinajstić information content (AvgIpc) is 3.47. The molecule has 3 heterocycles. The summed E-state index contributed by atoms with van der Waals surface area (Å²) in [5.74, 6) is 0.196. The molecule has 8 heteroatoms. The highest BCUT2D eigenvalue weighted by atomic mass is 32.1. The standard InChI is InChI=1S/C25H31N5O2S/c1-3-6-18-7-5-11-30(15-18)21-9-4-8-19(13-21)22-17-33-25(27-22)28-23(31)14-26-24(32)20-10-12-29(2)16-20/h4,8-10,12-13,16-18H,3,5-7,11,14-15H2,1-2H3,(H,26,32)(H,27,28,31). The molecule has 1 fully saturated rings. The number of aromatic nitrogens is 2. The number of anilines is 2. The van der Waals surface area contributed by atoms with Crippen molar-refractivity contribution in [1.82, 2.24) is 14.9 Å². The van der Waals surface area contributed by atoms with Crippen LogP contribution in [0.15, 0.2) is 48.1 Å². The zero-order valence-corrected chi connectivity index (χ0v) is 20.0. The van der Waals surface area contributed by atoms with Crippen LogP contribution in [0, 0.1) is 5.92 Å². The number of piperidine rings is 1. The minimum Gasteiger partial charge on any atom is -0.371 e. The number of carbonyl (C=O) groups is 2. The Morgan fingerprint density at radius 2 is 2.15 bits per heavy atom. The van der Waals surface area contributed by atoms with Gasteiger partial charge in [-0.05, 0) is 43.4 Å². The van der Waals surface area contributed by atoms with E-state index in [-0.39, 0.29) is 18.4 Å². The Labute approximate surface area is 198 Å². The normalized spacial score (nSPS) is 15.9. The van der Waals surface area contributed by atoms with Gasteiger partial charge in [-0.2, -0.15) is 0 Å². The molecule has 1 aromatic carbocycles. The van der Waals surface area contributed by atoms with E-state index in [1.54, 1.807) is 23.0 Å². The van der Waals surface area contributed by atoms with Crippen molar-refractivity contribution < 1.29 is 9.59 Å². The Kier molecular flexibility index (Phi) is 7.44. The maximum absolute atomic E-state index is 12.3. The zero-order chi connectivity index (χ0) is 23.2. The Hall–Kier alpha value is -3.13. The van der Waals surface area contributed by atoms with E-state index in [2.05, 4.69) is 51.7 Å². The van der Waals surface area contributed by atoms with Crippen LogP contribution in [-0.2, 0) is 11.8 Å². The number of hydrogen-bond donors (Lipinski definition) is 2. The van der Waals surface area contributed by atoms with Crippen LogP contribution in [0.2, 0.25) is 0 Å². The van der Waals surface area contributed by atoms with Gasteiger partial charge in [0.2, 0.25) is 5.91 Å². The lowest BCUT2D eigenvalue weighted by molar-refractivity contribution is -0.115. The molecule has 2 aromatic heterocycles. The van der Waals surface area contributed by atoms with Crippen LogP contribution in [0.5, 0.6) is 0 Å². The summed E-state index contributed by atoms with van der Waals surface area (Å²) in [6, 6.07) is 10.2. The number of thiazole rings is 1. The lowest BCUT2D eigenvalue weighted by atomic mass is 9.93. The third-order valence-corrected chi connectivity index (χ3v) is 6.73. The number of aryl methyl sites for hydroxylation is 1. The minimum atomic E-state index is -0.302. The highest BCUT2D eigenvalue weighted by Gasteiger charge is 2.20. The summed E-state index contributed by atoms with van der Waals surface area (Å²) in [6.07, 6.45) is 8.59. The van der Waals surface area contributed by atoms with Gasteiger partial charge in [-0.1, -0.05) is 25.5 Å². The Balaban J connectivity index is 1.34. The summed E-state index contributed by atoms with van der Waals surface area (Å²) in [4.78, 5) is 31.5. The van der Waals surface area contributed by atoms with Crippen molar-refractivity contribution in [3.05, 3.63) is 53.7 Å². The first-order valence-corrected chi connectivity index (χ1v) is 12.4. The number of carbonyl (C=O) groups excluding carboxylic acids is 2. The number of nitrogens with one attached hydrogen (secondary N) is 2. The van der Waals surface area contributed by atoms with Gasteiger partial charge in [0.15, 0.2) is 5.13 Å². The Morgan fingerprint density at radius 3 is 2.94 bits per heavy atom. The SMILES string of the molecule is CCCC1CCCN(c2cccc(-c3csc(NC(=O)CNC(=O)c4ccn(C)c4)n3)c2)C1. The molecule has 174 valence electrons. The van der Waals surface area contributed by atoms with Crippen LogP contribution in [0.1, 0.15) is 43.0 Å². The number of benzene rings is 1. The van der Waals surface area contributed by atoms with E-state index >= 15 is 0 Å². The van der Waals surface area contributed by atoms with Gasteiger partial charge in [0.1, 0.15) is 0 Å². The molecule has 1 aliphatic heterocycles. The zero-order valence-electron chi connectivity index (χ0n) is 19.2. The fourth-order valence-electron chi connectivity index (χ4n) is 4.33. The molecule has 0 bridgehead atoms. The van der Waals surface area contributed by atoms with Gasteiger partial charge in [0, 0.05) is 49.2 Å². The Morgan fingerprint density at radius 1 is 1.27 bits per heavy atom. The van der Waals surface area contributed by atoms with Gasteiger partial charge in [0.05, 0.1) is 17.8 Å². The van der Waals surface area contributed by atoms with Crippen LogP contribution in [-0.4, -0.2) is 41.0 Å². The molecular weight excluding hydrogens is 434 g/mol. The monoisotopic (exact) mass is 465 g/mol. The molecule has 1 saturated heterocycles. The van der Waals surface area contributed by atoms with Crippen molar-refractivity contribution >= 4 is 34.0 Å². The Bertz CT molecular complexity index is 1100. The second-order valence-electron chi connectivity index (χ2n) is 8.63. The number of hydrogen-bond acceptors (Lipinski definition) is 5. The highest BCUT2D eigenvalue weighted by Crippen LogP contribution is 2.30. The topological polar surface area (TPSA) is 79.3 Å². The summed E-state index contributed by atoms with van der Waals surface area (Å²) >= 11 is 1.38. The van der Waals surface area contributed by atoms with Crippen molar-refractivity contribution in [2.24, 2.45) is 13.0 Å². The minimum absolute atomic E-state index is 0.105. The molecular formula is C25H31N5O2S. The molecule has 1 aliphatic rings. The summed E-state index contributed by atoms with van der Waals surface area (Å²) in [5, 5.41) is 7.89. The van der Waals surface area contributed by atoms with Crippen molar-refractivity contribution in [2.45, 2.75) is 32.6 Å². The van der Waals surface area contributed by atoms with Crippen LogP contribution in [0.3, 0.4) is 0 Å². The van der Waals surface area contributed by atoms with Crippen LogP contribution in [0.4, 0.5) is 10.8 Å². The highest BCUT2D eigenvalue weighted by molar-refractivity contribution is 7.14. The lowest BCUT2D eigenvalue weighted by Crippen LogP contribution is -2.35. The first-order valence-electron chi connectivity index (χ1n) is 11.5. The van der Waals surface area contributed by atoms with Crippen LogP contribution >= 0.6 is 11.3 Å². The van der Waals surface area contributed by atoms with E-state index in [0.29, 0.717) is 10.7 Å². The molecule has 2 amide bonds. The molecule has 0 radical (unpaired) electrons. The van der Waals surface area contributed by atoms with Crippen LogP contribution < -0.4 is 15.5 Å². The smallest absolute Gasteiger partial charge is 0.253 e. The molecule has 3 aromatic rings. The fourth-order valence-corrected chi connectivity index (χ4v) is 5.07. The summed E-state index contributed by atoms with van der Waals surface area (Å²) in [7, 11) is 1.84. The predicted octanol–water partition coefficient (Wildman–Crippen LogP) is 4.53. The quantitative estimate of drug-likeness (QED) is 0.512. The van der Waals surface area contributed by atoms with Crippen molar-refractivity contribution in [2.75, 3.05) is 29.9 Å².